The van der Waals surface area contributed by atoms with Crippen molar-refractivity contribution in [2.45, 2.75) is 6.10 Å². The number of rotatable bonds is 6. The number of aliphatic hydroxyl groups excluding tert-OH is 1. The van der Waals surface area contributed by atoms with Crippen LogP contribution in [-0.2, 0) is 14.6 Å². The first-order valence-corrected chi connectivity index (χ1v) is 5.73. The van der Waals surface area contributed by atoms with Crippen molar-refractivity contribution in [2.24, 2.45) is 0 Å². The van der Waals surface area contributed by atoms with Crippen molar-refractivity contribution in [3.05, 3.63) is 24.5 Å². The Bertz CT molecular complexity index is 408. The number of pyridine rings is 1. The molecule has 0 saturated carbocycles. The van der Waals surface area contributed by atoms with Crippen molar-refractivity contribution in [3.63, 3.8) is 0 Å². The van der Waals surface area contributed by atoms with Crippen LogP contribution in [0.25, 0.3) is 0 Å². The van der Waals surface area contributed by atoms with Gasteiger partial charge in [0.1, 0.15) is 0 Å². The summed E-state index contributed by atoms with van der Waals surface area (Å²) >= 11 is 0. The molecule has 1 rings (SSSR count). The van der Waals surface area contributed by atoms with Crippen LogP contribution in [0.15, 0.2) is 24.5 Å². The number of hydrogen-bond acceptors (Lipinski definition) is 7. The van der Waals surface area contributed by atoms with Gasteiger partial charge in [-0.1, -0.05) is 0 Å². The highest BCUT2D eigenvalue weighted by Crippen LogP contribution is 2.03. The van der Waals surface area contributed by atoms with Crippen molar-refractivity contribution < 1.29 is 22.3 Å². The number of anilines is 1. The first kappa shape index (κ1) is 12.8. The Labute approximate surface area is 93.0 Å². The molecule has 2 N–H and O–H groups in total. The maximum atomic E-state index is 10.1. The van der Waals surface area contributed by atoms with Gasteiger partial charge in [0.25, 0.3) is 0 Å². The van der Waals surface area contributed by atoms with Crippen LogP contribution in [-0.4, -0.2) is 42.3 Å². The molecule has 0 radical (unpaired) electrons. The zero-order chi connectivity index (χ0) is 12.0. The van der Waals surface area contributed by atoms with Gasteiger partial charge in [0.05, 0.1) is 12.7 Å². The van der Waals surface area contributed by atoms with E-state index in [1.54, 1.807) is 24.5 Å². The van der Waals surface area contributed by atoms with Gasteiger partial charge in [-0.05, 0) is 12.1 Å². The van der Waals surface area contributed by atoms with Crippen LogP contribution >= 0.6 is 0 Å². The van der Waals surface area contributed by atoms with Crippen molar-refractivity contribution in [1.82, 2.24) is 4.98 Å². The van der Waals surface area contributed by atoms with Crippen molar-refractivity contribution in [1.29, 1.82) is 0 Å². The molecule has 1 aromatic rings. The maximum Gasteiger partial charge on any atom is 0.217 e. The highest BCUT2D eigenvalue weighted by atomic mass is 32.3. The van der Waals surface area contributed by atoms with Crippen molar-refractivity contribution in [3.8, 4) is 0 Å². The van der Waals surface area contributed by atoms with E-state index in [0.29, 0.717) is 0 Å². The second kappa shape index (κ2) is 5.75. The Kier molecular flexibility index (Phi) is 4.62. The van der Waals surface area contributed by atoms with Gasteiger partial charge in [0.2, 0.25) is 10.4 Å². The van der Waals surface area contributed by atoms with E-state index < -0.39 is 23.1 Å². The molecule has 0 aromatic carbocycles. The molecule has 0 fully saturated rings. The molecule has 1 atom stereocenters. The second-order valence-electron chi connectivity index (χ2n) is 2.96. The summed E-state index contributed by atoms with van der Waals surface area (Å²) in [7, 11) is -4.75. The maximum absolute atomic E-state index is 10.1. The topological polar surface area (TPSA) is 112 Å². The van der Waals surface area contributed by atoms with Crippen LogP contribution < -0.4 is 5.32 Å². The Hall–Kier alpha value is -1.22. The van der Waals surface area contributed by atoms with Gasteiger partial charge in [-0.2, -0.15) is 0 Å². The fourth-order valence-electron chi connectivity index (χ4n) is 0.926. The van der Waals surface area contributed by atoms with E-state index >= 15 is 0 Å². The van der Waals surface area contributed by atoms with Crippen LogP contribution in [0.3, 0.4) is 0 Å². The lowest BCUT2D eigenvalue weighted by Gasteiger charge is -2.14. The zero-order valence-corrected chi connectivity index (χ0v) is 9.05. The molecule has 1 heterocycles. The molecular weight excluding hydrogens is 236 g/mol. The number of hydrogen-bond donors (Lipinski definition) is 2. The second-order valence-corrected chi connectivity index (χ2v) is 4.02. The van der Waals surface area contributed by atoms with Gasteiger partial charge < -0.3 is 15.0 Å². The molecule has 0 amide bonds. The molecule has 8 heteroatoms. The van der Waals surface area contributed by atoms with E-state index in [1.807, 2.05) is 0 Å². The molecule has 0 bridgehead atoms. The lowest BCUT2D eigenvalue weighted by Crippen LogP contribution is -2.26. The van der Waals surface area contributed by atoms with E-state index in [0.717, 1.165) is 5.69 Å². The summed E-state index contributed by atoms with van der Waals surface area (Å²) in [6.07, 6.45) is 2.04. The highest BCUT2D eigenvalue weighted by Gasteiger charge is 2.06. The van der Waals surface area contributed by atoms with E-state index in [2.05, 4.69) is 14.5 Å². The number of aromatic nitrogens is 1. The van der Waals surface area contributed by atoms with Crippen molar-refractivity contribution in [2.75, 3.05) is 18.5 Å². The molecule has 7 nitrogen and oxygen atoms in total. The average Bonchev–Trinajstić information content (AvgIpc) is 2.24. The Balaban J connectivity index is 2.28. The van der Waals surface area contributed by atoms with Crippen LogP contribution in [0.5, 0.6) is 0 Å². The lowest BCUT2D eigenvalue weighted by molar-refractivity contribution is 0.111. The summed E-state index contributed by atoms with van der Waals surface area (Å²) < 4.78 is 34.2. The number of aliphatic hydroxyl groups is 1. The van der Waals surface area contributed by atoms with Gasteiger partial charge in [0.15, 0.2) is 0 Å². The first-order chi connectivity index (χ1) is 7.47. The zero-order valence-electron chi connectivity index (χ0n) is 8.24. The van der Waals surface area contributed by atoms with Gasteiger partial charge in [-0.3, -0.25) is 9.17 Å². The molecule has 0 aliphatic carbocycles. The summed E-state index contributed by atoms with van der Waals surface area (Å²) in [4.78, 5) is 3.79. The molecule has 90 valence electrons. The summed E-state index contributed by atoms with van der Waals surface area (Å²) in [6, 6.07) is 3.36. The highest BCUT2D eigenvalue weighted by molar-refractivity contribution is 7.80. The molecule has 0 aliphatic rings. The monoisotopic (exact) mass is 247 g/mol. The predicted octanol–water partition coefficient (Wildman–Crippen LogP) is -0.669. The molecule has 16 heavy (non-hydrogen) atoms. The molecule has 0 aliphatic heterocycles. The van der Waals surface area contributed by atoms with E-state index in [1.165, 1.54) is 0 Å². The Morgan fingerprint density at radius 2 is 2.12 bits per heavy atom. The minimum atomic E-state index is -4.75. The van der Waals surface area contributed by atoms with E-state index in [4.69, 9.17) is 0 Å². The Morgan fingerprint density at radius 1 is 1.50 bits per heavy atom. The molecular formula is C8H11N2O5S-. The van der Waals surface area contributed by atoms with Crippen LogP contribution in [0.2, 0.25) is 0 Å². The predicted molar refractivity (Wildman–Crippen MR) is 54.4 cm³/mol. The Morgan fingerprint density at radius 3 is 2.69 bits per heavy atom. The van der Waals surface area contributed by atoms with Crippen molar-refractivity contribution >= 4 is 16.1 Å². The van der Waals surface area contributed by atoms with E-state index in [9.17, 15) is 18.1 Å². The third-order valence-electron chi connectivity index (χ3n) is 1.63. The minimum absolute atomic E-state index is 0.0690. The van der Waals surface area contributed by atoms with E-state index in [-0.39, 0.29) is 6.54 Å². The quantitative estimate of drug-likeness (QED) is 0.506. The SMILES string of the molecule is O=S(=O)([O-])OCC(O)CNc1ccncc1. The molecule has 0 spiro atoms. The molecule has 0 saturated heterocycles. The fraction of sp³-hybridized carbons (Fsp3) is 0.375. The van der Waals surface area contributed by atoms with Crippen LogP contribution in [0.4, 0.5) is 5.69 Å². The molecule has 1 unspecified atom stereocenters. The summed E-state index contributed by atoms with van der Waals surface area (Å²) in [5.74, 6) is 0. The fourth-order valence-corrected chi connectivity index (χ4v) is 1.25. The number of nitrogens with zero attached hydrogens (tertiary/aromatic N) is 1. The van der Waals surface area contributed by atoms with Crippen LogP contribution in [0.1, 0.15) is 0 Å². The summed E-state index contributed by atoms with van der Waals surface area (Å²) in [6.45, 7) is -0.497. The smallest absolute Gasteiger partial charge is 0.217 e. The van der Waals surface area contributed by atoms with Gasteiger partial charge in [-0.15, -0.1) is 0 Å². The minimum Gasteiger partial charge on any atom is -0.726 e. The van der Waals surface area contributed by atoms with Gasteiger partial charge in [0, 0.05) is 24.6 Å². The normalized spacial score (nSPS) is 13.4. The third-order valence-corrected chi connectivity index (χ3v) is 2.05. The molecule has 1 aromatic heterocycles. The summed E-state index contributed by atoms with van der Waals surface area (Å²) in [5, 5.41) is 12.1. The van der Waals surface area contributed by atoms with Gasteiger partial charge in [-0.25, -0.2) is 8.42 Å². The summed E-state index contributed by atoms with van der Waals surface area (Å²) in [5.41, 5.74) is 0.721. The van der Waals surface area contributed by atoms with Gasteiger partial charge >= 0.3 is 0 Å². The largest absolute Gasteiger partial charge is 0.726 e. The van der Waals surface area contributed by atoms with Crippen LogP contribution in [0, 0.1) is 0 Å². The lowest BCUT2D eigenvalue weighted by atomic mass is 10.3. The average molecular weight is 247 g/mol. The third kappa shape index (κ3) is 5.61. The number of nitrogens with one attached hydrogen (secondary N) is 1. The first-order valence-electron chi connectivity index (χ1n) is 4.39. The standard InChI is InChI=1S/C8H12N2O5S/c11-8(6-15-16(12,13)14)5-10-7-1-3-9-4-2-7/h1-4,8,11H,5-6H2,(H,9,10)(H,12,13,14)/p-1.